The Morgan fingerprint density at radius 2 is 2.10 bits per heavy atom. The number of furan rings is 1. The fraction of sp³-hybridized carbons (Fsp3) is 0.200. The lowest BCUT2D eigenvalue weighted by Gasteiger charge is -2.02. The van der Waals surface area contributed by atoms with Crippen molar-refractivity contribution in [2.45, 2.75) is 26.2 Å². The van der Waals surface area contributed by atoms with Gasteiger partial charge in [0.25, 0.3) is 5.69 Å². The molecule has 1 fully saturated rings. The van der Waals surface area contributed by atoms with Gasteiger partial charge in [0.1, 0.15) is 27.5 Å². The maximum Gasteiger partial charge on any atom is 0.269 e. The van der Waals surface area contributed by atoms with Crippen molar-refractivity contribution in [3.05, 3.63) is 66.7 Å². The van der Waals surface area contributed by atoms with Crippen LogP contribution in [0.4, 0.5) is 5.69 Å². The number of hydrogen-bond acceptors (Lipinski definition) is 9. The van der Waals surface area contributed by atoms with Gasteiger partial charge < -0.3 is 4.42 Å². The molecule has 0 bridgehead atoms. The number of allylic oxidation sites excluding steroid dienone is 1. The molecule has 152 valence electrons. The minimum Gasteiger partial charge on any atom is -0.457 e. The molecule has 8 nitrogen and oxygen atoms in total. The van der Waals surface area contributed by atoms with Crippen molar-refractivity contribution in [3.63, 3.8) is 0 Å². The molecule has 1 N–H and O–H groups in total. The van der Waals surface area contributed by atoms with E-state index in [0.29, 0.717) is 27.0 Å². The average molecular weight is 441 g/mol. The van der Waals surface area contributed by atoms with Gasteiger partial charge in [-0.05, 0) is 43.2 Å². The lowest BCUT2D eigenvalue weighted by atomic mass is 10.1. The highest BCUT2D eigenvalue weighted by Gasteiger charge is 2.39. The van der Waals surface area contributed by atoms with E-state index < -0.39 is 10.8 Å². The van der Waals surface area contributed by atoms with E-state index >= 15 is 0 Å². The molecule has 2 aromatic heterocycles. The van der Waals surface area contributed by atoms with Crippen molar-refractivity contribution in [3.8, 4) is 11.3 Å². The number of aromatic nitrogens is 2. The van der Waals surface area contributed by atoms with E-state index in [1.54, 1.807) is 31.2 Å². The summed E-state index contributed by atoms with van der Waals surface area (Å²) in [5.41, 5.74) is 1.47. The smallest absolute Gasteiger partial charge is 0.269 e. The number of aryl methyl sites for hydroxylation is 2. The minimum absolute atomic E-state index is 0.0190. The van der Waals surface area contributed by atoms with Gasteiger partial charge in [0.15, 0.2) is 5.78 Å². The summed E-state index contributed by atoms with van der Waals surface area (Å²) < 4.78 is 5.85. The fourth-order valence-electron chi connectivity index (χ4n) is 3.08. The van der Waals surface area contributed by atoms with E-state index in [1.165, 1.54) is 23.5 Å². The van der Waals surface area contributed by atoms with Crippen molar-refractivity contribution >= 4 is 45.7 Å². The third-order valence-electron chi connectivity index (χ3n) is 4.61. The molecule has 10 heteroatoms. The standard InChI is InChI=1S/C20H16N4O4S2/c1-3-16-22-23-20(30-16)17-18(25)15(29-19(17)21)9-12-5-7-14(28-12)13-6-4-11(24(26)27)8-10(13)2/h4-9,17,21H,3H2,1-2H3/b15-9-,21-19?/t17-/m0/s1. The highest BCUT2D eigenvalue weighted by Crippen LogP contribution is 2.42. The van der Waals surface area contributed by atoms with Crippen LogP contribution in [0.1, 0.15) is 34.2 Å². The summed E-state index contributed by atoms with van der Waals surface area (Å²) in [4.78, 5) is 23.7. The summed E-state index contributed by atoms with van der Waals surface area (Å²) in [6.07, 6.45) is 2.35. The number of nitro groups is 1. The van der Waals surface area contributed by atoms with Gasteiger partial charge in [-0.3, -0.25) is 20.3 Å². The zero-order chi connectivity index (χ0) is 21.4. The van der Waals surface area contributed by atoms with Crippen LogP contribution in [0.2, 0.25) is 0 Å². The molecule has 0 unspecified atom stereocenters. The lowest BCUT2D eigenvalue weighted by Crippen LogP contribution is -2.11. The molecule has 1 aliphatic heterocycles. The van der Waals surface area contributed by atoms with Crippen LogP contribution in [0.5, 0.6) is 0 Å². The first-order valence-electron chi connectivity index (χ1n) is 9.07. The van der Waals surface area contributed by atoms with Crippen molar-refractivity contribution in [2.24, 2.45) is 0 Å². The zero-order valence-corrected chi connectivity index (χ0v) is 17.7. The van der Waals surface area contributed by atoms with E-state index in [9.17, 15) is 14.9 Å². The molecule has 0 aliphatic carbocycles. The summed E-state index contributed by atoms with van der Waals surface area (Å²) in [6.45, 7) is 3.74. The normalized spacial score (nSPS) is 17.8. The molecular formula is C20H16N4O4S2. The summed E-state index contributed by atoms with van der Waals surface area (Å²) in [7, 11) is 0. The maximum atomic E-state index is 12.9. The summed E-state index contributed by atoms with van der Waals surface area (Å²) in [5.74, 6) is 0.130. The van der Waals surface area contributed by atoms with Gasteiger partial charge in [-0.25, -0.2) is 0 Å². The van der Waals surface area contributed by atoms with Crippen molar-refractivity contribution in [1.29, 1.82) is 5.41 Å². The summed E-state index contributed by atoms with van der Waals surface area (Å²) in [6, 6.07) is 8.05. The minimum atomic E-state index is -0.703. The number of Topliss-reactive ketones (excluding diaryl/α,β-unsaturated/α-hetero) is 1. The zero-order valence-electron chi connectivity index (χ0n) is 16.0. The second kappa shape index (κ2) is 7.96. The van der Waals surface area contributed by atoms with Gasteiger partial charge in [0.2, 0.25) is 0 Å². The van der Waals surface area contributed by atoms with Crippen molar-refractivity contribution < 1.29 is 14.1 Å². The quantitative estimate of drug-likeness (QED) is 0.336. The molecule has 1 saturated heterocycles. The molecule has 1 aromatic carbocycles. The molecule has 4 rings (SSSR count). The van der Waals surface area contributed by atoms with Crippen LogP contribution >= 0.6 is 23.1 Å². The third-order valence-corrected chi connectivity index (χ3v) is 6.73. The molecule has 1 atom stereocenters. The SMILES string of the molecule is CCc1nnc([C@@H]2C(=N)S/C(=C\c3ccc(-c4ccc([N+](=O)[O-])cc4C)o3)C2=O)s1. The first-order valence-corrected chi connectivity index (χ1v) is 10.7. The molecule has 30 heavy (non-hydrogen) atoms. The molecule has 3 heterocycles. The molecular weight excluding hydrogens is 424 g/mol. The number of nitrogens with one attached hydrogen (secondary N) is 1. The topological polar surface area (TPSA) is 123 Å². The predicted octanol–water partition coefficient (Wildman–Crippen LogP) is 4.99. The number of carbonyl (C=O) groups is 1. The molecule has 0 amide bonds. The Labute approximate surface area is 179 Å². The first kappa shape index (κ1) is 20.2. The highest BCUT2D eigenvalue weighted by atomic mass is 32.2. The predicted molar refractivity (Wildman–Crippen MR) is 116 cm³/mol. The van der Waals surface area contributed by atoms with Crippen LogP contribution in [-0.4, -0.2) is 25.9 Å². The Kier molecular flexibility index (Phi) is 5.35. The third kappa shape index (κ3) is 3.71. The van der Waals surface area contributed by atoms with Crippen molar-refractivity contribution in [1.82, 2.24) is 10.2 Å². The molecule has 1 aliphatic rings. The average Bonchev–Trinajstić information content (AvgIpc) is 3.42. The second-order valence-corrected chi connectivity index (χ2v) is 8.80. The fourth-order valence-corrected chi connectivity index (χ4v) is 5.02. The molecule has 0 saturated carbocycles. The summed E-state index contributed by atoms with van der Waals surface area (Å²) in [5, 5.41) is 28.9. The number of non-ortho nitro benzene ring substituents is 1. The molecule has 3 aromatic rings. The number of ketones is 1. The number of rotatable bonds is 5. The first-order chi connectivity index (χ1) is 14.4. The Bertz CT molecular complexity index is 1210. The van der Waals surface area contributed by atoms with Crippen molar-refractivity contribution in [2.75, 3.05) is 0 Å². The number of nitrogens with zero attached hydrogens (tertiary/aromatic N) is 3. The van der Waals surface area contributed by atoms with Gasteiger partial charge in [-0.1, -0.05) is 18.7 Å². The maximum absolute atomic E-state index is 12.9. The Morgan fingerprint density at radius 1 is 1.30 bits per heavy atom. The Morgan fingerprint density at radius 3 is 2.77 bits per heavy atom. The van der Waals surface area contributed by atoms with Crippen LogP contribution in [0.15, 0.2) is 39.7 Å². The number of benzene rings is 1. The number of carbonyl (C=O) groups excluding carboxylic acids is 1. The van der Waals surface area contributed by atoms with Crippen LogP contribution in [0, 0.1) is 22.4 Å². The van der Waals surface area contributed by atoms with Gasteiger partial charge in [0.05, 0.1) is 14.9 Å². The van der Waals surface area contributed by atoms with Crippen LogP contribution < -0.4 is 0 Å². The van der Waals surface area contributed by atoms with Crippen LogP contribution in [0.3, 0.4) is 0 Å². The Balaban J connectivity index is 1.59. The van der Waals surface area contributed by atoms with Crippen LogP contribution in [-0.2, 0) is 11.2 Å². The monoisotopic (exact) mass is 440 g/mol. The van der Waals surface area contributed by atoms with E-state index in [4.69, 9.17) is 9.83 Å². The van der Waals surface area contributed by atoms with Gasteiger partial charge >= 0.3 is 0 Å². The van der Waals surface area contributed by atoms with E-state index in [-0.39, 0.29) is 16.5 Å². The highest BCUT2D eigenvalue weighted by molar-refractivity contribution is 8.19. The van der Waals surface area contributed by atoms with Gasteiger partial charge in [-0.2, -0.15) is 0 Å². The largest absolute Gasteiger partial charge is 0.457 e. The van der Waals surface area contributed by atoms with Crippen LogP contribution in [0.25, 0.3) is 17.4 Å². The molecule has 0 spiro atoms. The lowest BCUT2D eigenvalue weighted by molar-refractivity contribution is -0.384. The Hall–Kier alpha value is -3.11. The molecule has 0 radical (unpaired) electrons. The number of thioether (sulfide) groups is 1. The van der Waals surface area contributed by atoms with E-state index in [2.05, 4.69) is 10.2 Å². The van der Waals surface area contributed by atoms with E-state index in [1.807, 2.05) is 6.92 Å². The number of nitro benzene ring substituents is 1. The van der Waals surface area contributed by atoms with Gasteiger partial charge in [0, 0.05) is 17.7 Å². The number of hydrogen-bond donors (Lipinski definition) is 1. The van der Waals surface area contributed by atoms with E-state index in [0.717, 1.165) is 28.8 Å². The van der Waals surface area contributed by atoms with Gasteiger partial charge in [-0.15, -0.1) is 21.5 Å². The second-order valence-electron chi connectivity index (χ2n) is 6.62. The summed E-state index contributed by atoms with van der Waals surface area (Å²) >= 11 is 2.46.